The number of nitrogen functional groups attached to an aromatic ring is 1. The lowest BCUT2D eigenvalue weighted by molar-refractivity contribution is -0.458. The van der Waals surface area contributed by atoms with Crippen LogP contribution in [0.5, 0.6) is 0 Å². The van der Waals surface area contributed by atoms with Gasteiger partial charge >= 0.3 is 5.69 Å². The number of nitrogens with two attached hydrogens (primary N) is 1. The molecule has 100 valence electrons. The van der Waals surface area contributed by atoms with Crippen molar-refractivity contribution in [2.75, 3.05) is 19.8 Å². The minimum Gasteiger partial charge on any atom is -0.384 e. The molecule has 0 atom stereocenters. The van der Waals surface area contributed by atoms with E-state index in [-0.39, 0.29) is 17.1 Å². The Balaban J connectivity index is 3.55. The first kappa shape index (κ1) is 14.2. The van der Waals surface area contributed by atoms with E-state index in [1.54, 1.807) is 24.9 Å². The Bertz CT molecular complexity index is 577. The van der Waals surface area contributed by atoms with Crippen molar-refractivity contribution in [2.45, 2.75) is 26.3 Å². The van der Waals surface area contributed by atoms with Gasteiger partial charge in [-0.15, -0.1) is 0 Å². The molecule has 0 radical (unpaired) electrons. The topological polar surface area (TPSA) is 73.0 Å². The predicted octanol–water partition coefficient (Wildman–Crippen LogP) is -0.380. The Hall–Kier alpha value is -1.85. The van der Waals surface area contributed by atoms with Gasteiger partial charge in [-0.25, -0.2) is 9.37 Å². The van der Waals surface area contributed by atoms with Gasteiger partial charge in [0.15, 0.2) is 6.21 Å². The maximum absolute atomic E-state index is 12.0. The summed E-state index contributed by atoms with van der Waals surface area (Å²) in [7, 11) is 5.08. The number of hydrogen-bond donors (Lipinski definition) is 1. The Morgan fingerprint density at radius 3 is 2.44 bits per heavy atom. The van der Waals surface area contributed by atoms with Crippen LogP contribution in [0.15, 0.2) is 9.59 Å². The zero-order valence-electron chi connectivity index (χ0n) is 11.4. The van der Waals surface area contributed by atoms with Crippen LogP contribution in [0.4, 0.5) is 5.82 Å². The normalized spacial score (nSPS) is 10.4. The van der Waals surface area contributed by atoms with Crippen LogP contribution in [0.25, 0.3) is 0 Å². The number of unbranched alkanes of at least 4 members (excludes halogenated alkanes) is 1. The summed E-state index contributed by atoms with van der Waals surface area (Å²) in [6.45, 7) is 2.57. The molecule has 0 fully saturated rings. The van der Waals surface area contributed by atoms with Crippen LogP contribution in [0.3, 0.4) is 0 Å². The van der Waals surface area contributed by atoms with E-state index in [2.05, 4.69) is 0 Å². The summed E-state index contributed by atoms with van der Waals surface area (Å²) in [6.07, 6.45) is 3.45. The first-order valence-corrected chi connectivity index (χ1v) is 6.00. The van der Waals surface area contributed by atoms with E-state index in [9.17, 15) is 9.59 Å². The van der Waals surface area contributed by atoms with Crippen LogP contribution >= 0.6 is 0 Å². The molecule has 18 heavy (non-hydrogen) atoms. The SMILES string of the molecule is CCCCn1c(N)c(C=[N+](C)C)c(=O)n(C)c1=O. The van der Waals surface area contributed by atoms with Crippen molar-refractivity contribution in [3.63, 3.8) is 0 Å². The zero-order valence-corrected chi connectivity index (χ0v) is 11.4. The number of nitrogens with zero attached hydrogens (tertiary/aromatic N) is 3. The molecule has 0 unspecified atom stereocenters. The molecule has 6 heteroatoms. The smallest absolute Gasteiger partial charge is 0.332 e. The van der Waals surface area contributed by atoms with Crippen LogP contribution < -0.4 is 17.0 Å². The molecule has 0 aliphatic heterocycles. The highest BCUT2D eigenvalue weighted by molar-refractivity contribution is 5.81. The average molecular weight is 253 g/mol. The molecule has 0 spiro atoms. The minimum absolute atomic E-state index is 0.241. The van der Waals surface area contributed by atoms with Gasteiger partial charge in [-0.1, -0.05) is 13.3 Å². The van der Waals surface area contributed by atoms with Crippen LogP contribution in [0.1, 0.15) is 25.3 Å². The summed E-state index contributed by atoms with van der Waals surface area (Å²) in [5, 5.41) is 0. The number of hydrogen-bond acceptors (Lipinski definition) is 3. The fourth-order valence-corrected chi connectivity index (χ4v) is 1.72. The Labute approximate surface area is 106 Å². The first-order chi connectivity index (χ1) is 8.40. The second-order valence-electron chi connectivity index (χ2n) is 4.54. The van der Waals surface area contributed by atoms with Gasteiger partial charge in [0.05, 0.1) is 0 Å². The van der Waals surface area contributed by atoms with Gasteiger partial charge in [-0.3, -0.25) is 13.9 Å². The molecule has 1 heterocycles. The van der Waals surface area contributed by atoms with Gasteiger partial charge in [-0.2, -0.15) is 0 Å². The highest BCUT2D eigenvalue weighted by atomic mass is 16.2. The van der Waals surface area contributed by atoms with Gasteiger partial charge in [0, 0.05) is 13.6 Å². The van der Waals surface area contributed by atoms with Crippen LogP contribution in [0.2, 0.25) is 0 Å². The van der Waals surface area contributed by atoms with Gasteiger partial charge in [0.2, 0.25) is 0 Å². The Kier molecular flexibility index (Phi) is 4.47. The minimum atomic E-state index is -0.362. The first-order valence-electron chi connectivity index (χ1n) is 6.00. The van der Waals surface area contributed by atoms with E-state index >= 15 is 0 Å². The Morgan fingerprint density at radius 2 is 1.94 bits per heavy atom. The largest absolute Gasteiger partial charge is 0.384 e. The summed E-state index contributed by atoms with van der Waals surface area (Å²) in [4.78, 5) is 24.0. The van der Waals surface area contributed by atoms with Crippen molar-refractivity contribution in [3.05, 3.63) is 26.4 Å². The lowest BCUT2D eigenvalue weighted by atomic mass is 10.3. The molecule has 0 bridgehead atoms. The van der Waals surface area contributed by atoms with Gasteiger partial charge in [0.25, 0.3) is 5.56 Å². The molecular weight excluding hydrogens is 232 g/mol. The molecule has 2 N–H and O–H groups in total. The van der Waals surface area contributed by atoms with Gasteiger partial charge < -0.3 is 5.73 Å². The molecule has 6 nitrogen and oxygen atoms in total. The molecule has 0 aliphatic rings. The van der Waals surface area contributed by atoms with E-state index in [1.165, 1.54) is 11.6 Å². The van der Waals surface area contributed by atoms with Crippen molar-refractivity contribution in [1.82, 2.24) is 9.13 Å². The summed E-state index contributed by atoms with van der Waals surface area (Å²) in [5.41, 5.74) is 5.57. The molecule has 1 rings (SSSR count). The second kappa shape index (κ2) is 5.66. The van der Waals surface area contributed by atoms with Gasteiger partial charge in [0.1, 0.15) is 25.5 Å². The zero-order chi connectivity index (χ0) is 13.9. The monoisotopic (exact) mass is 253 g/mol. The summed E-state index contributed by atoms with van der Waals surface area (Å²) < 4.78 is 4.29. The molecule has 0 aliphatic carbocycles. The standard InChI is InChI=1S/C12H20N4O2/c1-5-6-7-16-10(13)9(8-14(2)3)11(17)15(4)12(16)18/h8,13H,5-7H2,1-4H3/p+1. The third kappa shape index (κ3) is 2.69. The maximum Gasteiger partial charge on any atom is 0.332 e. The summed E-state index contributed by atoms with van der Waals surface area (Å²) >= 11 is 0. The summed E-state index contributed by atoms with van der Waals surface area (Å²) in [5.74, 6) is 0.241. The molecule has 1 aromatic heterocycles. The fraction of sp³-hybridized carbons (Fsp3) is 0.583. The number of rotatable bonds is 4. The van der Waals surface area contributed by atoms with E-state index in [0.29, 0.717) is 12.1 Å². The fourth-order valence-electron chi connectivity index (χ4n) is 1.72. The van der Waals surface area contributed by atoms with E-state index < -0.39 is 0 Å². The third-order valence-electron chi connectivity index (χ3n) is 2.74. The van der Waals surface area contributed by atoms with Crippen molar-refractivity contribution in [1.29, 1.82) is 0 Å². The molecule has 1 aromatic rings. The predicted molar refractivity (Wildman–Crippen MR) is 72.5 cm³/mol. The van der Waals surface area contributed by atoms with Crippen LogP contribution in [-0.4, -0.2) is 34.0 Å². The highest BCUT2D eigenvalue weighted by Crippen LogP contribution is 2.03. The van der Waals surface area contributed by atoms with Crippen LogP contribution in [-0.2, 0) is 13.6 Å². The highest BCUT2D eigenvalue weighted by Gasteiger charge is 2.15. The van der Waals surface area contributed by atoms with E-state index in [1.807, 2.05) is 6.92 Å². The third-order valence-corrected chi connectivity index (χ3v) is 2.74. The molecular formula is C12H21N4O2+. The molecule has 0 amide bonds. The number of anilines is 1. The molecule has 0 saturated carbocycles. The summed E-state index contributed by atoms with van der Waals surface area (Å²) in [6, 6.07) is 0. The van der Waals surface area contributed by atoms with Crippen LogP contribution in [0, 0.1) is 0 Å². The van der Waals surface area contributed by atoms with E-state index in [0.717, 1.165) is 17.4 Å². The average Bonchev–Trinajstić information content (AvgIpc) is 2.32. The van der Waals surface area contributed by atoms with Gasteiger partial charge in [-0.05, 0) is 6.42 Å². The van der Waals surface area contributed by atoms with Crippen molar-refractivity contribution in [2.24, 2.45) is 7.05 Å². The van der Waals surface area contributed by atoms with E-state index in [4.69, 9.17) is 5.73 Å². The van der Waals surface area contributed by atoms with Crippen molar-refractivity contribution >= 4 is 12.0 Å². The molecule has 0 aromatic carbocycles. The second-order valence-corrected chi connectivity index (χ2v) is 4.54. The quantitative estimate of drug-likeness (QED) is 0.587. The van der Waals surface area contributed by atoms with Crippen molar-refractivity contribution < 1.29 is 4.58 Å². The Morgan fingerprint density at radius 1 is 1.33 bits per heavy atom. The van der Waals surface area contributed by atoms with Crippen molar-refractivity contribution in [3.8, 4) is 0 Å². The molecule has 0 saturated heterocycles. The number of aromatic nitrogens is 2. The lowest BCUT2D eigenvalue weighted by Gasteiger charge is -2.12. The maximum atomic E-state index is 12.0. The lowest BCUT2D eigenvalue weighted by Crippen LogP contribution is -2.41.